The second-order valence-electron chi connectivity index (χ2n) is 6.37. The van der Waals surface area contributed by atoms with E-state index >= 15 is 0 Å². The summed E-state index contributed by atoms with van der Waals surface area (Å²) in [5.74, 6) is -1.07. The summed E-state index contributed by atoms with van der Waals surface area (Å²) in [5, 5.41) is 12.0. The van der Waals surface area contributed by atoms with Gasteiger partial charge in [0.2, 0.25) is 21.1 Å². The molecule has 1 aromatic heterocycles. The molecule has 3 rings (SSSR count). The molecule has 30 heavy (non-hydrogen) atoms. The lowest BCUT2D eigenvalue weighted by Gasteiger charge is -2.29. The second kappa shape index (κ2) is 9.07. The predicted molar refractivity (Wildman–Crippen MR) is 117 cm³/mol. The van der Waals surface area contributed by atoms with E-state index in [2.05, 4.69) is 15.5 Å². The minimum Gasteiger partial charge on any atom is -0.299 e. The number of carbonyl (C=O) groups is 1. The summed E-state index contributed by atoms with van der Waals surface area (Å²) in [6, 6.07) is 10.9. The van der Waals surface area contributed by atoms with Gasteiger partial charge in [0.25, 0.3) is 0 Å². The zero-order valence-electron chi connectivity index (χ0n) is 16.0. The molecule has 0 aliphatic rings. The minimum atomic E-state index is -3.82. The minimum absolute atomic E-state index is 0.194. The molecular formula is C19H18ClFN4O3S2. The van der Waals surface area contributed by atoms with Crippen LogP contribution in [0.15, 0.2) is 48.5 Å². The first-order valence-corrected chi connectivity index (χ1v) is 11.9. The predicted octanol–water partition coefficient (Wildman–Crippen LogP) is 4.18. The lowest BCUT2D eigenvalue weighted by Crippen LogP contribution is -2.47. The molecular weight excluding hydrogens is 451 g/mol. The maximum atomic E-state index is 13.3. The van der Waals surface area contributed by atoms with Crippen LogP contribution in [0.3, 0.4) is 0 Å². The number of carbonyl (C=O) groups excluding carboxylic acids is 1. The quantitative estimate of drug-likeness (QED) is 0.561. The molecule has 0 aliphatic heterocycles. The van der Waals surface area contributed by atoms with Gasteiger partial charge in [0.1, 0.15) is 16.9 Å². The highest BCUT2D eigenvalue weighted by molar-refractivity contribution is 7.92. The highest BCUT2D eigenvalue weighted by Gasteiger charge is 2.32. The van der Waals surface area contributed by atoms with Crippen molar-refractivity contribution in [2.75, 3.05) is 15.9 Å². The highest BCUT2D eigenvalue weighted by Crippen LogP contribution is 2.28. The van der Waals surface area contributed by atoms with Gasteiger partial charge < -0.3 is 0 Å². The number of benzene rings is 2. The van der Waals surface area contributed by atoms with Crippen molar-refractivity contribution < 1.29 is 17.6 Å². The van der Waals surface area contributed by atoms with Gasteiger partial charge in [-0.05, 0) is 42.8 Å². The fraction of sp³-hybridized carbons (Fsp3) is 0.211. The first kappa shape index (κ1) is 22.1. The van der Waals surface area contributed by atoms with E-state index < -0.39 is 27.8 Å². The van der Waals surface area contributed by atoms with Crippen molar-refractivity contribution in [3.63, 3.8) is 0 Å². The van der Waals surface area contributed by atoms with Crippen LogP contribution >= 0.6 is 22.9 Å². The number of aromatic nitrogens is 2. The van der Waals surface area contributed by atoms with Crippen LogP contribution in [0.5, 0.6) is 0 Å². The Balaban J connectivity index is 1.84. The Labute approximate surface area is 182 Å². The molecule has 0 radical (unpaired) electrons. The fourth-order valence-corrected chi connectivity index (χ4v) is 4.91. The number of halogens is 2. The molecule has 0 aliphatic carbocycles. The topological polar surface area (TPSA) is 92.3 Å². The van der Waals surface area contributed by atoms with Gasteiger partial charge in [-0.1, -0.05) is 42.0 Å². The number of nitrogens with one attached hydrogen (secondary N) is 1. The van der Waals surface area contributed by atoms with E-state index in [1.165, 1.54) is 12.1 Å². The molecule has 0 unspecified atom stereocenters. The first-order valence-electron chi connectivity index (χ1n) is 8.84. The van der Waals surface area contributed by atoms with Crippen molar-refractivity contribution in [3.8, 4) is 10.6 Å². The molecule has 0 bridgehead atoms. The Morgan fingerprint density at radius 2 is 1.80 bits per heavy atom. The number of hydrogen-bond donors (Lipinski definition) is 1. The van der Waals surface area contributed by atoms with Crippen molar-refractivity contribution in [1.82, 2.24) is 10.2 Å². The summed E-state index contributed by atoms with van der Waals surface area (Å²) in [6.07, 6.45) is 1.19. The SMILES string of the molecule is CC[C@H](C(=O)Nc1nnc(-c2ccc(Cl)cc2)s1)N(c1ccc(F)cc1)S(C)(=O)=O. The zero-order valence-corrected chi connectivity index (χ0v) is 18.4. The number of rotatable bonds is 7. The molecule has 11 heteroatoms. The first-order chi connectivity index (χ1) is 14.2. The average Bonchev–Trinajstić information content (AvgIpc) is 3.15. The third-order valence-corrected chi connectivity index (χ3v) is 6.48. The van der Waals surface area contributed by atoms with E-state index in [1.54, 1.807) is 31.2 Å². The Hall–Kier alpha value is -2.56. The molecule has 1 atom stereocenters. The van der Waals surface area contributed by atoms with Crippen LogP contribution in [0.1, 0.15) is 13.3 Å². The number of amides is 1. The van der Waals surface area contributed by atoms with Gasteiger partial charge in [-0.15, -0.1) is 10.2 Å². The van der Waals surface area contributed by atoms with Crippen LogP contribution < -0.4 is 9.62 Å². The molecule has 3 aromatic rings. The number of anilines is 2. The van der Waals surface area contributed by atoms with Crippen LogP contribution in [0.4, 0.5) is 15.2 Å². The number of hydrogen-bond acceptors (Lipinski definition) is 6. The third-order valence-electron chi connectivity index (χ3n) is 4.16. The maximum Gasteiger partial charge on any atom is 0.250 e. The normalized spacial score (nSPS) is 12.4. The van der Waals surface area contributed by atoms with E-state index in [9.17, 15) is 17.6 Å². The van der Waals surface area contributed by atoms with Crippen LogP contribution in [0.25, 0.3) is 10.6 Å². The number of nitrogens with zero attached hydrogens (tertiary/aromatic N) is 3. The molecule has 0 spiro atoms. The van der Waals surface area contributed by atoms with E-state index in [0.29, 0.717) is 10.0 Å². The average molecular weight is 469 g/mol. The van der Waals surface area contributed by atoms with Gasteiger partial charge >= 0.3 is 0 Å². The molecule has 0 fully saturated rings. The van der Waals surface area contributed by atoms with E-state index in [-0.39, 0.29) is 17.2 Å². The van der Waals surface area contributed by atoms with Crippen molar-refractivity contribution in [2.24, 2.45) is 0 Å². The van der Waals surface area contributed by atoms with Gasteiger partial charge in [0.05, 0.1) is 11.9 Å². The second-order valence-corrected chi connectivity index (χ2v) is 9.64. The Morgan fingerprint density at radius 3 is 2.37 bits per heavy atom. The summed E-state index contributed by atoms with van der Waals surface area (Å²) in [6.45, 7) is 1.69. The van der Waals surface area contributed by atoms with Crippen LogP contribution in [-0.2, 0) is 14.8 Å². The molecule has 0 saturated heterocycles. The standard InChI is InChI=1S/C19H18ClFN4O3S2/c1-3-16(25(30(2,27)28)15-10-8-14(21)9-11-15)17(26)22-19-24-23-18(29-19)12-4-6-13(20)7-5-12/h4-11,16H,3H2,1-2H3,(H,22,24,26)/t16-/m1/s1. The van der Waals surface area contributed by atoms with Crippen LogP contribution in [0.2, 0.25) is 5.02 Å². The molecule has 1 heterocycles. The van der Waals surface area contributed by atoms with Crippen molar-refractivity contribution in [2.45, 2.75) is 19.4 Å². The molecule has 1 amide bonds. The van der Waals surface area contributed by atoms with E-state index in [0.717, 1.165) is 39.6 Å². The Kier molecular flexibility index (Phi) is 6.69. The van der Waals surface area contributed by atoms with Crippen molar-refractivity contribution in [1.29, 1.82) is 0 Å². The van der Waals surface area contributed by atoms with Crippen LogP contribution in [-0.4, -0.2) is 36.8 Å². The summed E-state index contributed by atoms with van der Waals surface area (Å²) < 4.78 is 39.1. The molecule has 158 valence electrons. The summed E-state index contributed by atoms with van der Waals surface area (Å²) in [7, 11) is -3.82. The molecule has 1 N–H and O–H groups in total. The third kappa shape index (κ3) is 5.13. The largest absolute Gasteiger partial charge is 0.299 e. The molecule has 7 nitrogen and oxygen atoms in total. The van der Waals surface area contributed by atoms with Gasteiger partial charge in [0, 0.05) is 10.6 Å². The van der Waals surface area contributed by atoms with E-state index in [4.69, 9.17) is 11.6 Å². The summed E-state index contributed by atoms with van der Waals surface area (Å²) in [5.41, 5.74) is 0.980. The van der Waals surface area contributed by atoms with Gasteiger partial charge in [0.15, 0.2) is 0 Å². The Morgan fingerprint density at radius 1 is 1.17 bits per heavy atom. The Bertz CT molecular complexity index is 1140. The monoisotopic (exact) mass is 468 g/mol. The van der Waals surface area contributed by atoms with Crippen molar-refractivity contribution >= 4 is 49.7 Å². The zero-order chi connectivity index (χ0) is 21.9. The van der Waals surface area contributed by atoms with E-state index in [1.807, 2.05) is 0 Å². The lowest BCUT2D eigenvalue weighted by atomic mass is 10.2. The fourth-order valence-electron chi connectivity index (χ4n) is 2.82. The summed E-state index contributed by atoms with van der Waals surface area (Å²) >= 11 is 7.04. The maximum absolute atomic E-state index is 13.3. The van der Waals surface area contributed by atoms with Gasteiger partial charge in [-0.25, -0.2) is 12.8 Å². The van der Waals surface area contributed by atoms with Gasteiger partial charge in [-0.3, -0.25) is 14.4 Å². The lowest BCUT2D eigenvalue weighted by molar-refractivity contribution is -0.117. The molecule has 2 aromatic carbocycles. The smallest absolute Gasteiger partial charge is 0.250 e. The van der Waals surface area contributed by atoms with Gasteiger partial charge in [-0.2, -0.15) is 0 Å². The molecule has 0 saturated carbocycles. The van der Waals surface area contributed by atoms with Crippen LogP contribution in [0, 0.1) is 5.82 Å². The number of sulfonamides is 1. The highest BCUT2D eigenvalue weighted by atomic mass is 35.5. The summed E-state index contributed by atoms with van der Waals surface area (Å²) in [4.78, 5) is 12.9. The van der Waals surface area contributed by atoms with Crippen molar-refractivity contribution in [3.05, 3.63) is 59.4 Å².